The first-order valence-corrected chi connectivity index (χ1v) is 10.6. The molecule has 4 rings (SSSR count). The third kappa shape index (κ3) is 3.66. The van der Waals surface area contributed by atoms with Gasteiger partial charge in [-0.05, 0) is 43.7 Å². The molecule has 0 amide bonds. The van der Waals surface area contributed by atoms with E-state index in [1.165, 1.54) is 11.5 Å². The van der Waals surface area contributed by atoms with Gasteiger partial charge in [0.15, 0.2) is 11.6 Å². The van der Waals surface area contributed by atoms with Crippen LogP contribution < -0.4 is 11.2 Å². The Hall–Kier alpha value is -3.29. The highest BCUT2D eigenvalue weighted by Crippen LogP contribution is 2.28. The minimum atomic E-state index is -0.652. The van der Waals surface area contributed by atoms with Gasteiger partial charge in [-0.3, -0.25) is 19.0 Å². The number of aryl methyl sites for hydroxylation is 1. The highest BCUT2D eigenvalue weighted by Gasteiger charge is 2.23. The summed E-state index contributed by atoms with van der Waals surface area (Å²) in [6.45, 7) is 2.83. The molecule has 0 fully saturated rings. The van der Waals surface area contributed by atoms with Gasteiger partial charge in [0.2, 0.25) is 0 Å². The van der Waals surface area contributed by atoms with E-state index in [0.29, 0.717) is 31.5 Å². The van der Waals surface area contributed by atoms with Crippen molar-refractivity contribution in [3.05, 3.63) is 96.5 Å². The fourth-order valence-electron chi connectivity index (χ4n) is 3.50. The Morgan fingerprint density at radius 1 is 1.00 bits per heavy atom. The Kier molecular flexibility index (Phi) is 5.47. The molecule has 2 heterocycles. The summed E-state index contributed by atoms with van der Waals surface area (Å²) in [7, 11) is 0. The molecule has 6 nitrogen and oxygen atoms in total. The Morgan fingerprint density at radius 3 is 2.26 bits per heavy atom. The smallest absolute Gasteiger partial charge is 0.294 e. The van der Waals surface area contributed by atoms with Crippen molar-refractivity contribution in [1.29, 1.82) is 0 Å². The number of carbonyl (C=O) groups is 2. The first kappa shape index (κ1) is 21.0. The van der Waals surface area contributed by atoms with Gasteiger partial charge in [0.05, 0.1) is 22.5 Å². The fourth-order valence-corrected chi connectivity index (χ4v) is 4.81. The number of hydrogen-bond donors (Lipinski definition) is 0. The number of hydrogen-bond acceptors (Lipinski definition) is 5. The molecule has 0 radical (unpaired) electrons. The summed E-state index contributed by atoms with van der Waals surface area (Å²) in [6.07, 6.45) is 0. The number of fused-ring (bicyclic) bond motifs is 1. The van der Waals surface area contributed by atoms with Crippen LogP contribution in [0.3, 0.4) is 0 Å². The lowest BCUT2D eigenvalue weighted by Gasteiger charge is -2.12. The van der Waals surface area contributed by atoms with Crippen molar-refractivity contribution in [2.75, 3.05) is 0 Å². The van der Waals surface area contributed by atoms with Gasteiger partial charge in [-0.2, -0.15) is 0 Å². The Bertz CT molecular complexity index is 1450. The maximum absolute atomic E-state index is 13.4. The molecule has 0 saturated heterocycles. The molecule has 0 aliphatic heterocycles. The number of halogens is 1. The summed E-state index contributed by atoms with van der Waals surface area (Å²) in [5.41, 5.74) is 0.0950. The Balaban J connectivity index is 2.03. The zero-order valence-electron chi connectivity index (χ0n) is 16.7. The number of aromatic nitrogens is 2. The van der Waals surface area contributed by atoms with Crippen molar-refractivity contribution in [2.24, 2.45) is 0 Å². The molecule has 0 aliphatic carbocycles. The standard InChI is InChI=1S/C23H17ClN2O4S/c1-13-19-21(29)26(17-10-8-16(24)9-11-17)23(30)25(22(19)31-20(13)14(2)27)12-18(28)15-6-4-3-5-7-15/h3-11H,12H2,1-2H3. The van der Waals surface area contributed by atoms with Gasteiger partial charge < -0.3 is 0 Å². The number of thiophene rings is 1. The van der Waals surface area contributed by atoms with Gasteiger partial charge in [-0.25, -0.2) is 9.36 Å². The van der Waals surface area contributed by atoms with Crippen LogP contribution in [0.5, 0.6) is 0 Å². The van der Waals surface area contributed by atoms with Crippen LogP contribution in [-0.4, -0.2) is 20.7 Å². The quantitative estimate of drug-likeness (QED) is 0.424. The van der Waals surface area contributed by atoms with Crippen molar-refractivity contribution >= 4 is 44.7 Å². The summed E-state index contributed by atoms with van der Waals surface area (Å²) < 4.78 is 2.28. The van der Waals surface area contributed by atoms with Crippen LogP contribution in [0.25, 0.3) is 15.9 Å². The predicted octanol–water partition coefficient (Wildman–Crippen LogP) is 4.26. The normalized spacial score (nSPS) is 11.1. The average Bonchev–Trinajstić information content (AvgIpc) is 3.10. The molecule has 0 atom stereocenters. The lowest BCUT2D eigenvalue weighted by Crippen LogP contribution is -2.39. The minimum absolute atomic E-state index is 0.204. The van der Waals surface area contributed by atoms with Gasteiger partial charge in [0, 0.05) is 10.6 Å². The number of ketones is 2. The fraction of sp³-hybridized carbons (Fsp3) is 0.130. The number of rotatable bonds is 5. The van der Waals surface area contributed by atoms with E-state index in [9.17, 15) is 19.2 Å². The Labute approximate surface area is 186 Å². The number of nitrogens with zero attached hydrogens (tertiary/aromatic N) is 2. The van der Waals surface area contributed by atoms with Gasteiger partial charge in [-0.1, -0.05) is 41.9 Å². The maximum Gasteiger partial charge on any atom is 0.337 e. The first-order chi connectivity index (χ1) is 14.8. The second-order valence-electron chi connectivity index (χ2n) is 7.07. The van der Waals surface area contributed by atoms with Crippen molar-refractivity contribution in [2.45, 2.75) is 20.4 Å². The van der Waals surface area contributed by atoms with Crippen LogP contribution in [0.15, 0.2) is 64.2 Å². The van der Waals surface area contributed by atoms with Gasteiger partial charge >= 0.3 is 5.69 Å². The van der Waals surface area contributed by atoms with Crippen LogP contribution >= 0.6 is 22.9 Å². The van der Waals surface area contributed by atoms with E-state index in [-0.39, 0.29) is 23.5 Å². The number of benzene rings is 2. The van der Waals surface area contributed by atoms with E-state index in [0.717, 1.165) is 15.9 Å². The van der Waals surface area contributed by atoms with Crippen molar-refractivity contribution in [3.8, 4) is 5.69 Å². The maximum atomic E-state index is 13.4. The van der Waals surface area contributed by atoms with E-state index in [1.54, 1.807) is 61.5 Å². The summed E-state index contributed by atoms with van der Waals surface area (Å²) in [5.74, 6) is -0.481. The second-order valence-corrected chi connectivity index (χ2v) is 8.50. The third-order valence-corrected chi connectivity index (χ3v) is 6.68. The lowest BCUT2D eigenvalue weighted by molar-refractivity contribution is 0.0970. The first-order valence-electron chi connectivity index (χ1n) is 9.43. The van der Waals surface area contributed by atoms with Crippen LogP contribution in [0.4, 0.5) is 0 Å². The summed E-state index contributed by atoms with van der Waals surface area (Å²) >= 11 is 7.01. The van der Waals surface area contributed by atoms with Crippen LogP contribution in [0, 0.1) is 6.92 Å². The van der Waals surface area contributed by atoms with Crippen LogP contribution in [0.1, 0.15) is 32.5 Å². The monoisotopic (exact) mass is 452 g/mol. The zero-order chi connectivity index (χ0) is 22.3. The van der Waals surface area contributed by atoms with Crippen LogP contribution in [0.2, 0.25) is 5.02 Å². The number of Topliss-reactive ketones (excluding diaryl/α,β-unsaturated/α-hetero) is 2. The third-order valence-electron chi connectivity index (χ3n) is 5.01. The molecule has 0 bridgehead atoms. The molecule has 0 saturated carbocycles. The number of carbonyl (C=O) groups excluding carboxylic acids is 2. The molecule has 0 aliphatic rings. The lowest BCUT2D eigenvalue weighted by atomic mass is 10.1. The highest BCUT2D eigenvalue weighted by molar-refractivity contribution is 7.20. The molecule has 2 aromatic heterocycles. The Morgan fingerprint density at radius 2 is 1.65 bits per heavy atom. The van der Waals surface area contributed by atoms with E-state index in [4.69, 9.17) is 11.6 Å². The van der Waals surface area contributed by atoms with Gasteiger partial charge in [0.25, 0.3) is 5.56 Å². The van der Waals surface area contributed by atoms with E-state index in [1.807, 2.05) is 0 Å². The second kappa shape index (κ2) is 8.09. The summed E-state index contributed by atoms with van der Waals surface area (Å²) in [6, 6.07) is 14.9. The SMILES string of the molecule is CC(=O)c1sc2c(c1C)c(=O)n(-c1ccc(Cl)cc1)c(=O)n2CC(=O)c1ccccc1. The predicted molar refractivity (Wildman–Crippen MR) is 122 cm³/mol. The van der Waals surface area contributed by atoms with Gasteiger partial charge in [-0.15, -0.1) is 11.3 Å². The highest BCUT2D eigenvalue weighted by atomic mass is 35.5. The molecular weight excluding hydrogens is 436 g/mol. The molecule has 0 spiro atoms. The van der Waals surface area contributed by atoms with Crippen molar-refractivity contribution in [1.82, 2.24) is 9.13 Å². The average molecular weight is 453 g/mol. The molecule has 0 N–H and O–H groups in total. The van der Waals surface area contributed by atoms with E-state index < -0.39 is 11.2 Å². The summed E-state index contributed by atoms with van der Waals surface area (Å²) in [5, 5.41) is 0.716. The van der Waals surface area contributed by atoms with E-state index in [2.05, 4.69) is 0 Å². The molecule has 0 unspecified atom stereocenters. The molecular formula is C23H17ClN2O4S. The topological polar surface area (TPSA) is 78.1 Å². The van der Waals surface area contributed by atoms with Crippen molar-refractivity contribution < 1.29 is 9.59 Å². The molecule has 8 heteroatoms. The van der Waals surface area contributed by atoms with Crippen molar-refractivity contribution in [3.63, 3.8) is 0 Å². The summed E-state index contributed by atoms with van der Waals surface area (Å²) in [4.78, 5) is 52.4. The molecule has 4 aromatic rings. The largest absolute Gasteiger partial charge is 0.337 e. The van der Waals surface area contributed by atoms with Gasteiger partial charge in [0.1, 0.15) is 4.83 Å². The van der Waals surface area contributed by atoms with E-state index >= 15 is 0 Å². The molecule has 156 valence electrons. The zero-order valence-corrected chi connectivity index (χ0v) is 18.3. The molecule has 2 aromatic carbocycles. The van der Waals surface area contributed by atoms with Crippen LogP contribution in [-0.2, 0) is 6.54 Å². The minimum Gasteiger partial charge on any atom is -0.294 e. The molecule has 31 heavy (non-hydrogen) atoms.